The maximum Gasteiger partial charge on any atom is 0.122 e. The Balaban J connectivity index is 2.89. The highest BCUT2D eigenvalue weighted by Crippen LogP contribution is 2.16. The lowest BCUT2D eigenvalue weighted by atomic mass is 10.1. The van der Waals surface area contributed by atoms with E-state index in [9.17, 15) is 9.90 Å². The molecule has 0 amide bonds. The van der Waals surface area contributed by atoms with Gasteiger partial charge in [0.1, 0.15) is 5.75 Å². The number of para-hydroxylation sites is 1. The van der Waals surface area contributed by atoms with Crippen molar-refractivity contribution in [3.63, 3.8) is 0 Å². The third-order valence-electron chi connectivity index (χ3n) is 1.53. The van der Waals surface area contributed by atoms with E-state index in [1.807, 2.05) is 0 Å². The number of carboxylic acids is 1. The standard InChI is InChI=1S/C9H10O3/c1-12-8-5-3-2-4-7(8)6-9(10)11/h2-5H,6H2,1H3,(H,10,11)/p-1. The van der Waals surface area contributed by atoms with Crippen LogP contribution in [0.2, 0.25) is 0 Å². The molecule has 0 saturated carbocycles. The molecular formula is C9H9O3-. The number of carbonyl (C=O) groups is 1. The molecule has 0 N–H and O–H groups in total. The number of ether oxygens (including phenoxy) is 1. The molecule has 1 aromatic carbocycles. The van der Waals surface area contributed by atoms with E-state index in [2.05, 4.69) is 0 Å². The summed E-state index contributed by atoms with van der Waals surface area (Å²) in [6.45, 7) is 0. The summed E-state index contributed by atoms with van der Waals surface area (Å²) in [6, 6.07) is 6.98. The largest absolute Gasteiger partial charge is 0.550 e. The van der Waals surface area contributed by atoms with Gasteiger partial charge in [0.2, 0.25) is 0 Å². The average Bonchev–Trinajstić information content (AvgIpc) is 2.04. The van der Waals surface area contributed by atoms with Gasteiger partial charge in [-0.15, -0.1) is 0 Å². The molecular weight excluding hydrogens is 156 g/mol. The van der Waals surface area contributed by atoms with Gasteiger partial charge in [-0.3, -0.25) is 0 Å². The summed E-state index contributed by atoms with van der Waals surface area (Å²) in [4.78, 5) is 10.3. The summed E-state index contributed by atoms with van der Waals surface area (Å²) in [5, 5.41) is 10.3. The van der Waals surface area contributed by atoms with Gasteiger partial charge in [-0.25, -0.2) is 0 Å². The van der Waals surface area contributed by atoms with E-state index in [4.69, 9.17) is 4.74 Å². The second-order valence-corrected chi connectivity index (χ2v) is 2.36. The summed E-state index contributed by atoms with van der Waals surface area (Å²) in [5.74, 6) is -0.513. The number of benzene rings is 1. The van der Waals surface area contributed by atoms with Gasteiger partial charge in [-0.05, 0) is 11.6 Å². The lowest BCUT2D eigenvalue weighted by Gasteiger charge is -2.07. The molecule has 0 aromatic heterocycles. The minimum absolute atomic E-state index is 0.107. The summed E-state index contributed by atoms with van der Waals surface area (Å²) < 4.78 is 4.96. The highest BCUT2D eigenvalue weighted by atomic mass is 16.5. The molecule has 0 aliphatic rings. The van der Waals surface area contributed by atoms with E-state index >= 15 is 0 Å². The lowest BCUT2D eigenvalue weighted by molar-refractivity contribution is -0.304. The van der Waals surface area contributed by atoms with Crippen molar-refractivity contribution in [3.8, 4) is 5.75 Å². The molecule has 0 bridgehead atoms. The molecule has 0 spiro atoms. The minimum atomic E-state index is -1.10. The van der Waals surface area contributed by atoms with Crippen LogP contribution in [-0.2, 0) is 11.2 Å². The van der Waals surface area contributed by atoms with Crippen LogP contribution in [0, 0.1) is 0 Å². The molecule has 0 atom stereocenters. The average molecular weight is 165 g/mol. The van der Waals surface area contributed by atoms with Crippen molar-refractivity contribution < 1.29 is 14.6 Å². The Morgan fingerprint density at radius 2 is 2.17 bits per heavy atom. The van der Waals surface area contributed by atoms with Crippen molar-refractivity contribution in [1.82, 2.24) is 0 Å². The molecule has 0 saturated heterocycles. The Labute approximate surface area is 70.6 Å². The van der Waals surface area contributed by atoms with E-state index in [0.29, 0.717) is 11.3 Å². The minimum Gasteiger partial charge on any atom is -0.550 e. The first-order chi connectivity index (χ1) is 5.74. The van der Waals surface area contributed by atoms with Crippen LogP contribution in [0.15, 0.2) is 24.3 Å². The van der Waals surface area contributed by atoms with E-state index < -0.39 is 5.97 Å². The maximum absolute atomic E-state index is 10.3. The number of aliphatic carboxylic acids is 1. The predicted molar refractivity (Wildman–Crippen MR) is 41.7 cm³/mol. The number of carboxylic acid groups (broad SMARTS) is 1. The first-order valence-electron chi connectivity index (χ1n) is 3.56. The van der Waals surface area contributed by atoms with E-state index in [0.717, 1.165) is 0 Å². The molecule has 0 aliphatic heterocycles. The number of hydrogen-bond donors (Lipinski definition) is 0. The molecule has 0 unspecified atom stereocenters. The SMILES string of the molecule is COc1ccccc1CC(=O)[O-]. The molecule has 0 fully saturated rings. The van der Waals surface area contributed by atoms with Crippen molar-refractivity contribution in [2.75, 3.05) is 7.11 Å². The molecule has 0 heterocycles. The Kier molecular flexibility index (Phi) is 2.69. The second kappa shape index (κ2) is 3.76. The van der Waals surface area contributed by atoms with Gasteiger partial charge < -0.3 is 14.6 Å². The van der Waals surface area contributed by atoms with E-state index in [-0.39, 0.29) is 6.42 Å². The second-order valence-electron chi connectivity index (χ2n) is 2.36. The normalized spacial score (nSPS) is 9.42. The van der Waals surface area contributed by atoms with Gasteiger partial charge in [0.25, 0.3) is 0 Å². The van der Waals surface area contributed by atoms with Crippen LogP contribution in [0.5, 0.6) is 5.75 Å². The third-order valence-corrected chi connectivity index (χ3v) is 1.53. The van der Waals surface area contributed by atoms with Crippen LogP contribution >= 0.6 is 0 Å². The first-order valence-corrected chi connectivity index (χ1v) is 3.56. The van der Waals surface area contributed by atoms with Gasteiger partial charge in [0, 0.05) is 12.4 Å². The zero-order valence-electron chi connectivity index (χ0n) is 6.74. The quantitative estimate of drug-likeness (QED) is 0.632. The van der Waals surface area contributed by atoms with Gasteiger partial charge in [0.05, 0.1) is 7.11 Å². The molecule has 1 aromatic rings. The molecule has 1 rings (SSSR count). The van der Waals surface area contributed by atoms with Gasteiger partial charge in [-0.2, -0.15) is 0 Å². The van der Waals surface area contributed by atoms with Crippen molar-refractivity contribution in [2.45, 2.75) is 6.42 Å². The van der Waals surface area contributed by atoms with E-state index in [1.54, 1.807) is 24.3 Å². The fourth-order valence-electron chi connectivity index (χ4n) is 1.00. The highest BCUT2D eigenvalue weighted by molar-refractivity contribution is 5.69. The van der Waals surface area contributed by atoms with Crippen molar-refractivity contribution in [2.24, 2.45) is 0 Å². The molecule has 64 valence electrons. The van der Waals surface area contributed by atoms with Crippen LogP contribution in [-0.4, -0.2) is 13.1 Å². The van der Waals surface area contributed by atoms with Crippen molar-refractivity contribution in [1.29, 1.82) is 0 Å². The Bertz CT molecular complexity index is 281. The number of methoxy groups -OCH3 is 1. The van der Waals surface area contributed by atoms with Crippen LogP contribution in [0.4, 0.5) is 0 Å². The smallest absolute Gasteiger partial charge is 0.122 e. The van der Waals surface area contributed by atoms with Crippen LogP contribution in [0.1, 0.15) is 5.56 Å². The highest BCUT2D eigenvalue weighted by Gasteiger charge is 2.00. The van der Waals surface area contributed by atoms with Gasteiger partial charge >= 0.3 is 0 Å². The topological polar surface area (TPSA) is 49.4 Å². The zero-order valence-corrected chi connectivity index (χ0v) is 6.74. The number of rotatable bonds is 3. The molecule has 0 aliphatic carbocycles. The first kappa shape index (κ1) is 8.59. The fourth-order valence-corrected chi connectivity index (χ4v) is 1.00. The van der Waals surface area contributed by atoms with Gasteiger partial charge in [0.15, 0.2) is 0 Å². The third kappa shape index (κ3) is 1.99. The fraction of sp³-hybridized carbons (Fsp3) is 0.222. The maximum atomic E-state index is 10.3. The summed E-state index contributed by atoms with van der Waals surface area (Å²) in [6.07, 6.45) is -0.107. The van der Waals surface area contributed by atoms with Crippen LogP contribution < -0.4 is 9.84 Å². The van der Waals surface area contributed by atoms with Crippen LogP contribution in [0.3, 0.4) is 0 Å². The molecule has 12 heavy (non-hydrogen) atoms. The predicted octanol–water partition coefficient (Wildman–Crippen LogP) is -0.0124. The summed E-state index contributed by atoms with van der Waals surface area (Å²) in [7, 11) is 1.51. The van der Waals surface area contributed by atoms with Crippen LogP contribution in [0.25, 0.3) is 0 Å². The lowest BCUT2D eigenvalue weighted by Crippen LogP contribution is -2.24. The number of hydrogen-bond acceptors (Lipinski definition) is 3. The molecule has 3 nitrogen and oxygen atoms in total. The molecule has 3 heteroatoms. The summed E-state index contributed by atoms with van der Waals surface area (Å²) >= 11 is 0. The van der Waals surface area contributed by atoms with Gasteiger partial charge in [-0.1, -0.05) is 18.2 Å². The monoisotopic (exact) mass is 165 g/mol. The Morgan fingerprint density at radius 3 is 2.75 bits per heavy atom. The summed E-state index contributed by atoms with van der Waals surface area (Å²) in [5.41, 5.74) is 0.639. The van der Waals surface area contributed by atoms with Crippen molar-refractivity contribution >= 4 is 5.97 Å². The Morgan fingerprint density at radius 1 is 1.50 bits per heavy atom. The number of carbonyl (C=O) groups excluding carboxylic acids is 1. The zero-order chi connectivity index (χ0) is 8.97. The molecule has 0 radical (unpaired) electrons. The van der Waals surface area contributed by atoms with Crippen molar-refractivity contribution in [3.05, 3.63) is 29.8 Å². The Hall–Kier alpha value is -1.51. The van der Waals surface area contributed by atoms with E-state index in [1.165, 1.54) is 7.11 Å².